The molecule has 3 rings (SSSR count). The van der Waals surface area contributed by atoms with Gasteiger partial charge in [-0.15, -0.1) is 0 Å². The van der Waals surface area contributed by atoms with Gasteiger partial charge in [0, 0.05) is 19.8 Å². The molecule has 0 atom stereocenters. The standard InChI is InChI=1S/C15H18N6O/c1-8-6-12(21(2)3)20-14(13(8)16)17-9-4-5-10-11(7-9)19-15(22)18-10/h4-7H,16H2,1-3H3,(H,17,20)(H2,18,19,22). The number of aromatic nitrogens is 3. The van der Waals surface area contributed by atoms with Crippen LogP contribution in [0, 0.1) is 6.92 Å². The molecule has 0 aliphatic heterocycles. The number of nitrogen functional groups attached to an aromatic ring is 1. The first-order valence-corrected chi connectivity index (χ1v) is 6.87. The summed E-state index contributed by atoms with van der Waals surface area (Å²) in [5, 5.41) is 3.21. The average molecular weight is 298 g/mol. The number of hydrogen-bond donors (Lipinski definition) is 4. The summed E-state index contributed by atoms with van der Waals surface area (Å²) in [6.07, 6.45) is 0. The lowest BCUT2D eigenvalue weighted by Crippen LogP contribution is -2.13. The number of pyridine rings is 1. The number of imidazole rings is 1. The maximum absolute atomic E-state index is 11.3. The van der Waals surface area contributed by atoms with Crippen LogP contribution in [0.1, 0.15) is 5.56 Å². The molecule has 2 heterocycles. The van der Waals surface area contributed by atoms with Crippen LogP contribution in [0.2, 0.25) is 0 Å². The molecule has 0 aliphatic carbocycles. The summed E-state index contributed by atoms with van der Waals surface area (Å²) < 4.78 is 0. The first kappa shape index (κ1) is 14.0. The summed E-state index contributed by atoms with van der Waals surface area (Å²) in [6, 6.07) is 7.47. The van der Waals surface area contributed by atoms with Gasteiger partial charge in [-0.2, -0.15) is 0 Å². The smallest absolute Gasteiger partial charge is 0.323 e. The number of aromatic amines is 2. The van der Waals surface area contributed by atoms with E-state index in [4.69, 9.17) is 5.73 Å². The fourth-order valence-corrected chi connectivity index (χ4v) is 2.24. The predicted molar refractivity (Wildman–Crippen MR) is 89.9 cm³/mol. The van der Waals surface area contributed by atoms with E-state index in [9.17, 15) is 4.79 Å². The van der Waals surface area contributed by atoms with Crippen molar-refractivity contribution < 1.29 is 0 Å². The van der Waals surface area contributed by atoms with Crippen molar-refractivity contribution in [2.24, 2.45) is 0 Å². The van der Waals surface area contributed by atoms with Crippen molar-refractivity contribution in [3.8, 4) is 0 Å². The number of nitrogens with zero attached hydrogens (tertiary/aromatic N) is 2. The minimum absolute atomic E-state index is 0.227. The fourth-order valence-electron chi connectivity index (χ4n) is 2.24. The highest BCUT2D eigenvalue weighted by molar-refractivity contribution is 5.82. The summed E-state index contributed by atoms with van der Waals surface area (Å²) in [4.78, 5) is 23.2. The van der Waals surface area contributed by atoms with Gasteiger partial charge in [0.05, 0.1) is 16.7 Å². The van der Waals surface area contributed by atoms with Crippen molar-refractivity contribution >= 4 is 34.0 Å². The molecule has 5 N–H and O–H groups in total. The van der Waals surface area contributed by atoms with Crippen LogP contribution in [0.25, 0.3) is 11.0 Å². The van der Waals surface area contributed by atoms with E-state index >= 15 is 0 Å². The molecule has 0 fully saturated rings. The van der Waals surface area contributed by atoms with Gasteiger partial charge in [0.25, 0.3) is 0 Å². The molecule has 0 unspecified atom stereocenters. The van der Waals surface area contributed by atoms with Crippen LogP contribution in [0.15, 0.2) is 29.1 Å². The zero-order valence-electron chi connectivity index (χ0n) is 12.7. The molecule has 1 aromatic carbocycles. The Labute approximate surface area is 127 Å². The molecule has 0 amide bonds. The quantitative estimate of drug-likeness (QED) is 0.592. The molecule has 7 nitrogen and oxygen atoms in total. The number of nitrogens with two attached hydrogens (primary N) is 1. The highest BCUT2D eigenvalue weighted by Gasteiger charge is 2.09. The fraction of sp³-hybridized carbons (Fsp3) is 0.200. The van der Waals surface area contributed by atoms with Gasteiger partial charge in [-0.25, -0.2) is 9.78 Å². The summed E-state index contributed by atoms with van der Waals surface area (Å²) in [7, 11) is 3.86. The van der Waals surface area contributed by atoms with E-state index in [0.29, 0.717) is 11.5 Å². The second-order valence-electron chi connectivity index (χ2n) is 5.42. The van der Waals surface area contributed by atoms with Gasteiger partial charge in [0.15, 0.2) is 5.82 Å². The summed E-state index contributed by atoms with van der Waals surface area (Å²) in [5.74, 6) is 1.42. The van der Waals surface area contributed by atoms with Crippen molar-refractivity contribution in [3.63, 3.8) is 0 Å². The van der Waals surface area contributed by atoms with Crippen LogP contribution < -0.4 is 21.6 Å². The molecule has 7 heteroatoms. The number of nitrogens with one attached hydrogen (secondary N) is 3. The lowest BCUT2D eigenvalue weighted by atomic mass is 10.2. The largest absolute Gasteiger partial charge is 0.396 e. The van der Waals surface area contributed by atoms with Crippen LogP contribution in [0.5, 0.6) is 0 Å². The van der Waals surface area contributed by atoms with Crippen LogP contribution in [-0.2, 0) is 0 Å². The third-order valence-electron chi connectivity index (χ3n) is 3.49. The van der Waals surface area contributed by atoms with E-state index in [-0.39, 0.29) is 5.69 Å². The number of aryl methyl sites for hydroxylation is 1. The lowest BCUT2D eigenvalue weighted by molar-refractivity contribution is 1.06. The van der Waals surface area contributed by atoms with Crippen LogP contribution in [-0.4, -0.2) is 29.0 Å². The molecule has 0 radical (unpaired) electrons. The Kier molecular flexibility index (Phi) is 3.25. The molecular weight excluding hydrogens is 280 g/mol. The highest BCUT2D eigenvalue weighted by Crippen LogP contribution is 2.28. The van der Waals surface area contributed by atoms with Gasteiger partial charge in [0.1, 0.15) is 5.82 Å². The van der Waals surface area contributed by atoms with E-state index in [0.717, 1.165) is 28.1 Å². The normalized spacial score (nSPS) is 10.9. The number of benzene rings is 1. The highest BCUT2D eigenvalue weighted by atomic mass is 16.1. The summed E-state index contributed by atoms with van der Waals surface area (Å²) in [5.41, 5.74) is 9.74. The van der Waals surface area contributed by atoms with E-state index in [2.05, 4.69) is 20.3 Å². The van der Waals surface area contributed by atoms with Gasteiger partial charge in [-0.1, -0.05) is 0 Å². The molecule has 0 saturated heterocycles. The van der Waals surface area contributed by atoms with Crippen molar-refractivity contribution in [3.05, 3.63) is 40.3 Å². The van der Waals surface area contributed by atoms with E-state index < -0.39 is 0 Å². The first-order chi connectivity index (χ1) is 10.4. The first-order valence-electron chi connectivity index (χ1n) is 6.87. The van der Waals surface area contributed by atoms with Gasteiger partial charge in [0.2, 0.25) is 0 Å². The van der Waals surface area contributed by atoms with Crippen LogP contribution >= 0.6 is 0 Å². The lowest BCUT2D eigenvalue weighted by Gasteiger charge is -2.17. The Bertz CT molecular complexity index is 893. The van der Waals surface area contributed by atoms with Crippen LogP contribution in [0.4, 0.5) is 23.0 Å². The summed E-state index contributed by atoms with van der Waals surface area (Å²) in [6.45, 7) is 1.95. The van der Waals surface area contributed by atoms with Crippen molar-refractivity contribution in [2.75, 3.05) is 30.0 Å². The zero-order chi connectivity index (χ0) is 15.9. The molecule has 114 valence electrons. The van der Waals surface area contributed by atoms with Crippen molar-refractivity contribution in [1.29, 1.82) is 0 Å². The van der Waals surface area contributed by atoms with Crippen LogP contribution in [0.3, 0.4) is 0 Å². The number of rotatable bonds is 3. The Morgan fingerprint density at radius 2 is 1.91 bits per heavy atom. The number of hydrogen-bond acceptors (Lipinski definition) is 5. The Hall–Kier alpha value is -2.96. The Balaban J connectivity index is 2.01. The molecule has 2 aromatic heterocycles. The predicted octanol–water partition coefficient (Wildman–Crippen LogP) is 1.95. The zero-order valence-corrected chi connectivity index (χ0v) is 12.7. The summed E-state index contributed by atoms with van der Waals surface area (Å²) >= 11 is 0. The van der Waals surface area contributed by atoms with Gasteiger partial charge in [-0.3, -0.25) is 0 Å². The topological polar surface area (TPSA) is 103 Å². The maximum Gasteiger partial charge on any atom is 0.323 e. The van der Waals surface area contributed by atoms with E-state index in [1.54, 1.807) is 0 Å². The molecule has 22 heavy (non-hydrogen) atoms. The number of fused-ring (bicyclic) bond motifs is 1. The minimum atomic E-state index is -0.227. The number of anilines is 4. The van der Waals surface area contributed by atoms with Gasteiger partial charge >= 0.3 is 5.69 Å². The molecule has 0 spiro atoms. The Morgan fingerprint density at radius 3 is 2.64 bits per heavy atom. The van der Waals surface area contributed by atoms with Gasteiger partial charge < -0.3 is 25.9 Å². The maximum atomic E-state index is 11.3. The molecule has 0 bridgehead atoms. The second kappa shape index (κ2) is 5.10. The van der Waals surface area contributed by atoms with E-state index in [1.165, 1.54) is 0 Å². The molecule has 3 aromatic rings. The monoisotopic (exact) mass is 298 g/mol. The molecule has 0 aliphatic rings. The number of H-pyrrole nitrogens is 2. The second-order valence-corrected chi connectivity index (χ2v) is 5.42. The van der Waals surface area contributed by atoms with Gasteiger partial charge in [-0.05, 0) is 36.8 Å². The Morgan fingerprint density at radius 1 is 1.18 bits per heavy atom. The minimum Gasteiger partial charge on any atom is -0.396 e. The molecular formula is C15H18N6O. The van der Waals surface area contributed by atoms with Crippen molar-refractivity contribution in [2.45, 2.75) is 6.92 Å². The van der Waals surface area contributed by atoms with Crippen molar-refractivity contribution in [1.82, 2.24) is 15.0 Å². The average Bonchev–Trinajstić information content (AvgIpc) is 2.82. The third-order valence-corrected chi connectivity index (χ3v) is 3.49. The SMILES string of the molecule is Cc1cc(N(C)C)nc(Nc2ccc3[nH]c(=O)[nH]c3c2)c1N. The molecule has 0 saturated carbocycles. The van der Waals surface area contributed by atoms with E-state index in [1.807, 2.05) is 50.2 Å². The third kappa shape index (κ3) is 2.48.